The maximum absolute atomic E-state index is 11.7. The molecule has 0 amide bonds. The lowest BCUT2D eigenvalue weighted by atomic mass is 10.3. The van der Waals surface area contributed by atoms with Crippen LogP contribution >= 0.6 is 11.6 Å². The molecular weight excluding hydrogens is 294 g/mol. The lowest BCUT2D eigenvalue weighted by Crippen LogP contribution is -2.20. The maximum Gasteiger partial charge on any atom is 0.306 e. The van der Waals surface area contributed by atoms with Crippen LogP contribution in [0.5, 0.6) is 5.75 Å². The van der Waals surface area contributed by atoms with Gasteiger partial charge in [-0.1, -0.05) is 11.6 Å². The number of phenolic OH excluding ortho intramolecular Hbond substituents is 1. The summed E-state index contributed by atoms with van der Waals surface area (Å²) in [5, 5.41) is 9.76. The van der Waals surface area contributed by atoms with E-state index in [0.717, 1.165) is 0 Å². The second-order valence-corrected chi connectivity index (χ2v) is 5.92. The summed E-state index contributed by atoms with van der Waals surface area (Å²) < 4.78 is 30.2. The average molecular weight is 308 g/mol. The molecule has 1 aromatic rings. The fourth-order valence-electron chi connectivity index (χ4n) is 1.26. The van der Waals surface area contributed by atoms with Crippen molar-refractivity contribution in [3.8, 4) is 5.75 Å². The quantitative estimate of drug-likeness (QED) is 0.617. The number of carbonyl (C=O) groups excluding carboxylic acids is 1. The highest BCUT2D eigenvalue weighted by molar-refractivity contribution is 7.92. The molecule has 0 aliphatic rings. The SMILES string of the molecule is CCOC(=O)CCS(=O)(=O)Nc1cc(Cl)ccc1O. The molecule has 2 N–H and O–H groups in total. The number of rotatable bonds is 6. The second kappa shape index (κ2) is 6.63. The van der Waals surface area contributed by atoms with Gasteiger partial charge in [-0.3, -0.25) is 9.52 Å². The Morgan fingerprint density at radius 2 is 2.16 bits per heavy atom. The molecule has 106 valence electrons. The first-order valence-corrected chi connectivity index (χ1v) is 7.51. The van der Waals surface area contributed by atoms with E-state index in [2.05, 4.69) is 9.46 Å². The molecule has 0 radical (unpaired) electrons. The standard InChI is InChI=1S/C11H14ClNO5S/c1-2-18-11(15)5-6-19(16,17)13-9-7-8(12)3-4-10(9)14/h3-4,7,13-14H,2,5-6H2,1H3. The molecule has 1 aromatic carbocycles. The highest BCUT2D eigenvalue weighted by atomic mass is 35.5. The van der Waals surface area contributed by atoms with Gasteiger partial charge in [0.2, 0.25) is 10.0 Å². The summed E-state index contributed by atoms with van der Waals surface area (Å²) in [7, 11) is -3.76. The Balaban J connectivity index is 2.69. The monoisotopic (exact) mass is 307 g/mol. The van der Waals surface area contributed by atoms with Crippen LogP contribution in [-0.4, -0.2) is 31.9 Å². The zero-order valence-electron chi connectivity index (χ0n) is 10.2. The molecule has 0 saturated carbocycles. The number of ether oxygens (including phenoxy) is 1. The largest absolute Gasteiger partial charge is 0.506 e. The van der Waals surface area contributed by atoms with Gasteiger partial charge in [-0.25, -0.2) is 8.42 Å². The number of anilines is 1. The van der Waals surface area contributed by atoms with Crippen LogP contribution in [0, 0.1) is 0 Å². The van der Waals surface area contributed by atoms with Gasteiger partial charge >= 0.3 is 5.97 Å². The summed E-state index contributed by atoms with van der Waals surface area (Å²) >= 11 is 5.69. The van der Waals surface area contributed by atoms with Crippen molar-refractivity contribution in [2.75, 3.05) is 17.1 Å². The van der Waals surface area contributed by atoms with Crippen LogP contribution in [0.2, 0.25) is 5.02 Å². The lowest BCUT2D eigenvalue weighted by Gasteiger charge is -2.09. The molecular formula is C11H14ClNO5S. The summed E-state index contributed by atoms with van der Waals surface area (Å²) in [4.78, 5) is 11.1. The van der Waals surface area contributed by atoms with Crippen molar-refractivity contribution in [3.05, 3.63) is 23.2 Å². The summed E-state index contributed by atoms with van der Waals surface area (Å²) in [6.07, 6.45) is -0.259. The van der Waals surface area contributed by atoms with Crippen LogP contribution in [0.25, 0.3) is 0 Å². The van der Waals surface area contributed by atoms with Crippen molar-refractivity contribution in [1.29, 1.82) is 0 Å². The van der Waals surface area contributed by atoms with Crippen molar-refractivity contribution in [2.24, 2.45) is 0 Å². The number of sulfonamides is 1. The molecule has 0 spiro atoms. The Morgan fingerprint density at radius 1 is 1.47 bits per heavy atom. The van der Waals surface area contributed by atoms with Gasteiger partial charge in [0.15, 0.2) is 0 Å². The molecule has 6 nitrogen and oxygen atoms in total. The van der Waals surface area contributed by atoms with Crippen LogP contribution < -0.4 is 4.72 Å². The first kappa shape index (κ1) is 15.6. The van der Waals surface area contributed by atoms with Crippen LogP contribution in [0.1, 0.15) is 13.3 Å². The number of phenols is 1. The molecule has 19 heavy (non-hydrogen) atoms. The van der Waals surface area contributed by atoms with E-state index < -0.39 is 21.7 Å². The number of aromatic hydroxyl groups is 1. The summed E-state index contributed by atoms with van der Waals surface area (Å²) in [6.45, 7) is 1.83. The normalized spacial score (nSPS) is 11.1. The van der Waals surface area contributed by atoms with E-state index in [-0.39, 0.29) is 29.5 Å². The van der Waals surface area contributed by atoms with E-state index in [1.165, 1.54) is 18.2 Å². The molecule has 0 aromatic heterocycles. The van der Waals surface area contributed by atoms with Gasteiger partial charge in [0, 0.05) is 5.02 Å². The van der Waals surface area contributed by atoms with Crippen molar-refractivity contribution in [3.63, 3.8) is 0 Å². The summed E-state index contributed by atoms with van der Waals surface area (Å²) in [5.41, 5.74) is -0.0311. The summed E-state index contributed by atoms with van der Waals surface area (Å²) in [5.74, 6) is -1.27. The van der Waals surface area contributed by atoms with Gasteiger partial charge in [-0.15, -0.1) is 0 Å². The first-order chi connectivity index (χ1) is 8.84. The molecule has 0 saturated heterocycles. The molecule has 0 atom stereocenters. The van der Waals surface area contributed by atoms with Crippen molar-refractivity contribution in [2.45, 2.75) is 13.3 Å². The van der Waals surface area contributed by atoms with Gasteiger partial charge in [-0.05, 0) is 25.1 Å². The topological polar surface area (TPSA) is 92.7 Å². The third-order valence-electron chi connectivity index (χ3n) is 2.10. The third-order valence-corrected chi connectivity index (χ3v) is 3.61. The Kier molecular flexibility index (Phi) is 5.44. The highest BCUT2D eigenvalue weighted by Gasteiger charge is 2.16. The molecule has 8 heteroatoms. The van der Waals surface area contributed by atoms with Crippen molar-refractivity contribution >= 4 is 33.3 Å². The fraction of sp³-hybridized carbons (Fsp3) is 0.364. The van der Waals surface area contributed by atoms with E-state index in [0.29, 0.717) is 0 Å². The number of carbonyl (C=O) groups is 1. The van der Waals surface area contributed by atoms with Crippen LogP contribution in [0.4, 0.5) is 5.69 Å². The third kappa shape index (κ3) is 5.35. The zero-order chi connectivity index (χ0) is 14.5. The van der Waals surface area contributed by atoms with Crippen molar-refractivity contribution < 1.29 is 23.1 Å². The molecule has 0 fully saturated rings. The summed E-state index contributed by atoms with van der Waals surface area (Å²) in [6, 6.07) is 3.97. The van der Waals surface area contributed by atoms with Gasteiger partial charge < -0.3 is 9.84 Å². The average Bonchev–Trinajstić information content (AvgIpc) is 2.32. The second-order valence-electron chi connectivity index (χ2n) is 3.64. The van der Waals surface area contributed by atoms with Crippen LogP contribution in [-0.2, 0) is 19.6 Å². The number of hydrogen-bond donors (Lipinski definition) is 2. The predicted octanol–water partition coefficient (Wildman–Crippen LogP) is 1.74. The molecule has 0 aliphatic heterocycles. The Bertz CT molecular complexity index is 558. The van der Waals surface area contributed by atoms with Crippen LogP contribution in [0.3, 0.4) is 0 Å². The van der Waals surface area contributed by atoms with Crippen LogP contribution in [0.15, 0.2) is 18.2 Å². The van der Waals surface area contributed by atoms with Gasteiger partial charge in [0.1, 0.15) is 5.75 Å². The minimum atomic E-state index is -3.76. The number of halogens is 1. The van der Waals surface area contributed by atoms with E-state index >= 15 is 0 Å². The van der Waals surface area contributed by atoms with E-state index in [1.54, 1.807) is 6.92 Å². The van der Waals surface area contributed by atoms with E-state index in [9.17, 15) is 18.3 Å². The molecule has 1 rings (SSSR count). The smallest absolute Gasteiger partial charge is 0.306 e. The number of nitrogens with one attached hydrogen (secondary N) is 1. The molecule has 0 aliphatic carbocycles. The molecule has 0 bridgehead atoms. The minimum Gasteiger partial charge on any atom is -0.506 e. The minimum absolute atomic E-state index is 0.0311. The van der Waals surface area contributed by atoms with E-state index in [4.69, 9.17) is 11.6 Å². The lowest BCUT2D eigenvalue weighted by molar-refractivity contribution is -0.142. The maximum atomic E-state index is 11.7. The Hall–Kier alpha value is -1.47. The highest BCUT2D eigenvalue weighted by Crippen LogP contribution is 2.27. The first-order valence-electron chi connectivity index (χ1n) is 5.48. The van der Waals surface area contributed by atoms with Gasteiger partial charge in [0.05, 0.1) is 24.5 Å². The van der Waals surface area contributed by atoms with E-state index in [1.807, 2.05) is 0 Å². The van der Waals surface area contributed by atoms with Crippen molar-refractivity contribution in [1.82, 2.24) is 0 Å². The fourth-order valence-corrected chi connectivity index (χ4v) is 2.47. The molecule has 0 unspecified atom stereocenters. The molecule has 0 heterocycles. The van der Waals surface area contributed by atoms with Gasteiger partial charge in [0.25, 0.3) is 0 Å². The van der Waals surface area contributed by atoms with Gasteiger partial charge in [-0.2, -0.15) is 0 Å². The predicted molar refractivity (Wildman–Crippen MR) is 71.8 cm³/mol. The Labute approximate surface area is 116 Å². The number of hydrogen-bond acceptors (Lipinski definition) is 5. The Morgan fingerprint density at radius 3 is 2.79 bits per heavy atom. The zero-order valence-corrected chi connectivity index (χ0v) is 11.8. The number of benzene rings is 1. The number of esters is 1.